The minimum atomic E-state index is -0.253. The van der Waals surface area contributed by atoms with Crippen LogP contribution >= 0.6 is 11.8 Å². The molecular formula is C22H27FN2O2S. The second-order valence-electron chi connectivity index (χ2n) is 7.03. The molecule has 2 aromatic carbocycles. The molecule has 6 heteroatoms. The lowest BCUT2D eigenvalue weighted by Gasteiger charge is -2.35. The average molecular weight is 403 g/mol. The van der Waals surface area contributed by atoms with E-state index in [0.717, 1.165) is 23.5 Å². The maximum absolute atomic E-state index is 13.3. The molecule has 0 aromatic heterocycles. The van der Waals surface area contributed by atoms with Gasteiger partial charge in [0.25, 0.3) is 0 Å². The number of rotatable bonds is 7. The lowest BCUT2D eigenvalue weighted by molar-refractivity contribution is -0.120. The molecule has 150 valence electrons. The van der Waals surface area contributed by atoms with Crippen LogP contribution in [0.5, 0.6) is 0 Å². The summed E-state index contributed by atoms with van der Waals surface area (Å²) in [7, 11) is 0. The Balaban J connectivity index is 1.62. The number of halogens is 1. The zero-order chi connectivity index (χ0) is 19.9. The molecular weight excluding hydrogens is 375 g/mol. The first-order chi connectivity index (χ1) is 13.5. The lowest BCUT2D eigenvalue weighted by Crippen LogP contribution is -2.44. The highest BCUT2D eigenvalue weighted by atomic mass is 32.2. The number of thioether (sulfide) groups is 1. The van der Waals surface area contributed by atoms with Crippen molar-refractivity contribution in [3.8, 4) is 0 Å². The van der Waals surface area contributed by atoms with Crippen LogP contribution in [-0.2, 0) is 9.53 Å². The topological polar surface area (TPSA) is 41.6 Å². The van der Waals surface area contributed by atoms with Gasteiger partial charge in [0, 0.05) is 24.5 Å². The Bertz CT molecular complexity index is 761. The zero-order valence-electron chi connectivity index (χ0n) is 16.4. The summed E-state index contributed by atoms with van der Waals surface area (Å²) < 4.78 is 18.8. The Labute approximate surface area is 170 Å². The van der Waals surface area contributed by atoms with Gasteiger partial charge in [0.15, 0.2) is 0 Å². The number of aryl methyl sites for hydroxylation is 1. The molecule has 4 nitrogen and oxygen atoms in total. The van der Waals surface area contributed by atoms with Crippen molar-refractivity contribution in [2.45, 2.75) is 30.0 Å². The van der Waals surface area contributed by atoms with Crippen LogP contribution in [0.3, 0.4) is 0 Å². The Kier molecular flexibility index (Phi) is 7.48. The fourth-order valence-electron chi connectivity index (χ4n) is 3.25. The first kappa shape index (κ1) is 20.8. The van der Waals surface area contributed by atoms with E-state index in [4.69, 9.17) is 4.74 Å². The Hall–Kier alpha value is -1.89. The molecule has 1 N–H and O–H groups in total. The number of benzene rings is 2. The van der Waals surface area contributed by atoms with Gasteiger partial charge in [-0.25, -0.2) is 4.39 Å². The quantitative estimate of drug-likeness (QED) is 0.715. The molecule has 1 aliphatic rings. The van der Waals surface area contributed by atoms with Crippen LogP contribution in [0.4, 0.5) is 4.39 Å². The van der Waals surface area contributed by atoms with Gasteiger partial charge in [-0.3, -0.25) is 9.69 Å². The van der Waals surface area contributed by atoms with E-state index in [1.165, 1.54) is 17.7 Å². The summed E-state index contributed by atoms with van der Waals surface area (Å²) in [5.74, 6) is -0.248. The van der Waals surface area contributed by atoms with Gasteiger partial charge in [0.2, 0.25) is 5.91 Å². The van der Waals surface area contributed by atoms with E-state index in [0.29, 0.717) is 19.8 Å². The summed E-state index contributed by atoms with van der Waals surface area (Å²) in [6, 6.07) is 14.7. The first-order valence-corrected chi connectivity index (χ1v) is 10.5. The highest BCUT2D eigenvalue weighted by Gasteiger charge is 2.24. The number of carbonyl (C=O) groups is 1. The number of nitrogens with zero attached hydrogens (tertiary/aromatic N) is 1. The van der Waals surface area contributed by atoms with Gasteiger partial charge >= 0.3 is 0 Å². The lowest BCUT2D eigenvalue weighted by atomic mass is 10.0. The van der Waals surface area contributed by atoms with Crippen LogP contribution in [0.2, 0.25) is 0 Å². The van der Waals surface area contributed by atoms with Crippen molar-refractivity contribution in [2.75, 3.05) is 32.8 Å². The second-order valence-corrected chi connectivity index (χ2v) is 8.45. The molecule has 2 aromatic rings. The van der Waals surface area contributed by atoms with E-state index in [1.807, 2.05) is 26.0 Å². The molecule has 0 radical (unpaired) electrons. The van der Waals surface area contributed by atoms with Crippen molar-refractivity contribution in [3.63, 3.8) is 0 Å². The highest BCUT2D eigenvalue weighted by Crippen LogP contribution is 2.25. The molecule has 1 fully saturated rings. The molecule has 0 saturated carbocycles. The van der Waals surface area contributed by atoms with Crippen molar-refractivity contribution >= 4 is 17.7 Å². The Morgan fingerprint density at radius 3 is 2.43 bits per heavy atom. The van der Waals surface area contributed by atoms with Crippen LogP contribution in [0.1, 0.15) is 24.1 Å². The fraction of sp³-hybridized carbons (Fsp3) is 0.409. The van der Waals surface area contributed by atoms with Crippen molar-refractivity contribution < 1.29 is 13.9 Å². The van der Waals surface area contributed by atoms with Gasteiger partial charge < -0.3 is 10.1 Å². The molecule has 3 rings (SSSR count). The van der Waals surface area contributed by atoms with Crippen molar-refractivity contribution in [2.24, 2.45) is 0 Å². The molecule has 1 amide bonds. The number of ether oxygens (including phenoxy) is 1. The van der Waals surface area contributed by atoms with Crippen LogP contribution in [0.25, 0.3) is 0 Å². The standard InChI is InChI=1S/C22H27FN2O2S/c1-16-3-9-20(10-4-16)28-17(2)22(26)24-15-21(25-11-13-27-14-12-25)18-5-7-19(23)8-6-18/h3-10,17,21H,11-15H2,1-2H3,(H,24,26). The minimum absolute atomic E-state index is 0.00465. The highest BCUT2D eigenvalue weighted by molar-refractivity contribution is 8.00. The molecule has 0 aliphatic carbocycles. The number of hydrogen-bond acceptors (Lipinski definition) is 4. The first-order valence-electron chi connectivity index (χ1n) is 9.61. The maximum atomic E-state index is 13.3. The van der Waals surface area contributed by atoms with Crippen LogP contribution in [-0.4, -0.2) is 48.9 Å². The monoisotopic (exact) mass is 402 g/mol. The van der Waals surface area contributed by atoms with E-state index in [9.17, 15) is 9.18 Å². The van der Waals surface area contributed by atoms with E-state index >= 15 is 0 Å². The summed E-state index contributed by atoms with van der Waals surface area (Å²) in [5, 5.41) is 2.90. The second kappa shape index (κ2) is 10.0. The molecule has 1 aliphatic heterocycles. The van der Waals surface area contributed by atoms with Gasteiger partial charge in [-0.05, 0) is 43.7 Å². The summed E-state index contributed by atoms with van der Waals surface area (Å²) in [4.78, 5) is 16.0. The third kappa shape index (κ3) is 5.80. The van der Waals surface area contributed by atoms with Crippen molar-refractivity contribution in [1.29, 1.82) is 0 Å². The molecule has 2 unspecified atom stereocenters. The van der Waals surface area contributed by atoms with Gasteiger partial charge in [-0.15, -0.1) is 11.8 Å². The number of morpholine rings is 1. The molecule has 1 saturated heterocycles. The van der Waals surface area contributed by atoms with E-state index in [2.05, 4.69) is 22.3 Å². The number of nitrogens with one attached hydrogen (secondary N) is 1. The van der Waals surface area contributed by atoms with Crippen LogP contribution in [0, 0.1) is 12.7 Å². The Morgan fingerprint density at radius 2 is 1.79 bits per heavy atom. The molecule has 1 heterocycles. The molecule has 0 bridgehead atoms. The van der Waals surface area contributed by atoms with E-state index in [-0.39, 0.29) is 23.0 Å². The predicted molar refractivity (Wildman–Crippen MR) is 111 cm³/mol. The number of carbonyl (C=O) groups excluding carboxylic acids is 1. The van der Waals surface area contributed by atoms with Crippen molar-refractivity contribution in [1.82, 2.24) is 10.2 Å². The maximum Gasteiger partial charge on any atom is 0.233 e. The van der Waals surface area contributed by atoms with Gasteiger partial charge in [0.1, 0.15) is 5.82 Å². The SMILES string of the molecule is Cc1ccc(SC(C)C(=O)NCC(c2ccc(F)cc2)N2CCOCC2)cc1. The summed E-state index contributed by atoms with van der Waals surface area (Å²) in [5.41, 5.74) is 2.21. The molecule has 0 spiro atoms. The predicted octanol–water partition coefficient (Wildman–Crippen LogP) is 3.80. The van der Waals surface area contributed by atoms with Gasteiger partial charge in [-0.1, -0.05) is 29.8 Å². The largest absolute Gasteiger partial charge is 0.379 e. The van der Waals surface area contributed by atoms with Gasteiger partial charge in [-0.2, -0.15) is 0 Å². The zero-order valence-corrected chi connectivity index (χ0v) is 17.2. The van der Waals surface area contributed by atoms with Gasteiger partial charge in [0.05, 0.1) is 24.5 Å². The summed E-state index contributed by atoms with van der Waals surface area (Å²) in [6.45, 7) is 7.39. The van der Waals surface area contributed by atoms with Crippen LogP contribution in [0.15, 0.2) is 53.4 Å². The fourth-order valence-corrected chi connectivity index (χ4v) is 4.14. The third-order valence-electron chi connectivity index (χ3n) is 4.91. The third-order valence-corrected chi connectivity index (χ3v) is 6.03. The normalized spacial score (nSPS) is 17.1. The number of hydrogen-bond donors (Lipinski definition) is 1. The minimum Gasteiger partial charge on any atom is -0.379 e. The Morgan fingerprint density at radius 1 is 1.14 bits per heavy atom. The average Bonchev–Trinajstić information content (AvgIpc) is 2.71. The molecule has 2 atom stereocenters. The molecule has 28 heavy (non-hydrogen) atoms. The van der Waals surface area contributed by atoms with Crippen LogP contribution < -0.4 is 5.32 Å². The summed E-state index contributed by atoms with van der Waals surface area (Å²) >= 11 is 1.55. The van der Waals surface area contributed by atoms with Crippen molar-refractivity contribution in [3.05, 3.63) is 65.5 Å². The summed E-state index contributed by atoms with van der Waals surface area (Å²) in [6.07, 6.45) is 0. The van der Waals surface area contributed by atoms with E-state index < -0.39 is 0 Å². The smallest absolute Gasteiger partial charge is 0.233 e. The number of amides is 1. The van der Waals surface area contributed by atoms with E-state index in [1.54, 1.807) is 23.9 Å².